The third kappa shape index (κ3) is 6.23. The van der Waals surface area contributed by atoms with Gasteiger partial charge in [-0.15, -0.1) is 11.3 Å². The van der Waals surface area contributed by atoms with Crippen LogP contribution in [0.5, 0.6) is 5.75 Å². The van der Waals surface area contributed by atoms with Crippen molar-refractivity contribution in [3.05, 3.63) is 112 Å². The fourth-order valence-corrected chi connectivity index (χ4v) is 5.19. The lowest BCUT2D eigenvalue weighted by Crippen LogP contribution is -2.11. The van der Waals surface area contributed by atoms with E-state index in [2.05, 4.69) is 4.98 Å². The minimum atomic E-state index is -3.80. The number of primary sulfonamides is 1. The molecule has 0 saturated heterocycles. The number of hydrogen-bond acceptors (Lipinski definition) is 7. The molecule has 198 valence electrons. The van der Waals surface area contributed by atoms with E-state index in [1.54, 1.807) is 23.0 Å². The number of carboxylic acids is 1. The van der Waals surface area contributed by atoms with Gasteiger partial charge >= 0.3 is 5.97 Å². The van der Waals surface area contributed by atoms with Crippen molar-refractivity contribution in [2.24, 2.45) is 5.14 Å². The van der Waals surface area contributed by atoms with Crippen molar-refractivity contribution >= 4 is 27.3 Å². The van der Waals surface area contributed by atoms with Crippen LogP contribution >= 0.6 is 11.3 Å². The van der Waals surface area contributed by atoms with E-state index < -0.39 is 16.0 Å². The monoisotopic (exact) mass is 560 g/mol. The highest BCUT2D eigenvalue weighted by atomic mass is 32.2. The Morgan fingerprint density at radius 1 is 1.05 bits per heavy atom. The van der Waals surface area contributed by atoms with Crippen molar-refractivity contribution in [2.75, 3.05) is 0 Å². The first kappa shape index (κ1) is 26.3. The van der Waals surface area contributed by atoms with E-state index in [0.29, 0.717) is 29.6 Å². The smallest absolute Gasteiger partial charge is 0.355 e. The van der Waals surface area contributed by atoms with Crippen LogP contribution in [0.1, 0.15) is 32.7 Å². The molecule has 0 amide bonds. The lowest BCUT2D eigenvalue weighted by molar-refractivity contribution is 0.0691. The molecule has 2 heterocycles. The third-order valence-corrected chi connectivity index (χ3v) is 7.74. The Bertz CT molecular complexity index is 1740. The molecule has 11 heteroatoms. The maximum atomic E-state index is 11.6. The Kier molecular flexibility index (Phi) is 7.29. The van der Waals surface area contributed by atoms with Gasteiger partial charge in [-0.25, -0.2) is 28.0 Å². The largest absolute Gasteiger partial charge is 0.489 e. The van der Waals surface area contributed by atoms with E-state index in [0.717, 1.165) is 22.3 Å². The topological polar surface area (TPSA) is 137 Å². The maximum Gasteiger partial charge on any atom is 0.355 e. The average molecular weight is 561 g/mol. The number of hydrogen-bond donors (Lipinski definition) is 2. The van der Waals surface area contributed by atoms with Gasteiger partial charge in [-0.2, -0.15) is 5.10 Å². The predicted molar refractivity (Wildman–Crippen MR) is 148 cm³/mol. The summed E-state index contributed by atoms with van der Waals surface area (Å²) in [4.78, 5) is 15.6. The summed E-state index contributed by atoms with van der Waals surface area (Å²) in [5.41, 5.74) is 5.33. The Morgan fingerprint density at radius 3 is 2.44 bits per heavy atom. The van der Waals surface area contributed by atoms with Crippen molar-refractivity contribution in [3.8, 4) is 22.1 Å². The molecule has 3 N–H and O–H groups in total. The minimum Gasteiger partial charge on any atom is -0.489 e. The van der Waals surface area contributed by atoms with Crippen LogP contribution in [-0.4, -0.2) is 34.3 Å². The molecule has 5 aromatic rings. The molecule has 2 aromatic heterocycles. The summed E-state index contributed by atoms with van der Waals surface area (Å²) < 4.78 is 30.9. The van der Waals surface area contributed by atoms with Crippen molar-refractivity contribution in [3.63, 3.8) is 0 Å². The Hall–Kier alpha value is -4.32. The van der Waals surface area contributed by atoms with E-state index >= 15 is 0 Å². The van der Waals surface area contributed by atoms with E-state index in [9.17, 15) is 18.3 Å². The molecule has 5 rings (SSSR count). The van der Waals surface area contributed by atoms with Gasteiger partial charge in [0.05, 0.1) is 10.6 Å². The quantitative estimate of drug-likeness (QED) is 0.264. The van der Waals surface area contributed by atoms with Crippen LogP contribution in [0.2, 0.25) is 0 Å². The zero-order valence-corrected chi connectivity index (χ0v) is 22.4. The summed E-state index contributed by atoms with van der Waals surface area (Å²) in [5.74, 6) is -0.438. The first-order valence-corrected chi connectivity index (χ1v) is 14.3. The zero-order valence-electron chi connectivity index (χ0n) is 20.8. The van der Waals surface area contributed by atoms with E-state index in [1.165, 1.54) is 34.4 Å². The summed E-state index contributed by atoms with van der Waals surface area (Å²) >= 11 is 1.17. The molecule has 0 aliphatic carbocycles. The van der Waals surface area contributed by atoms with Crippen molar-refractivity contribution in [1.29, 1.82) is 0 Å². The molecule has 0 unspecified atom stereocenters. The SMILES string of the molecule is Cc1ccc(COc2cccc(-c3nn(-c4nc(C(=O)O)cs4)cc3Cc3ccc(S(N)(=O)=O)cc3)c2)cc1. The number of ether oxygens (including phenoxy) is 1. The molecule has 0 aliphatic rings. The van der Waals surface area contributed by atoms with Crippen LogP contribution < -0.4 is 9.88 Å². The number of sulfonamides is 1. The summed E-state index contributed by atoms with van der Waals surface area (Å²) in [5, 5.41) is 21.1. The summed E-state index contributed by atoms with van der Waals surface area (Å²) in [7, 11) is -3.80. The number of aryl methyl sites for hydroxylation is 1. The van der Waals surface area contributed by atoms with Gasteiger partial charge in [-0.3, -0.25) is 0 Å². The Morgan fingerprint density at radius 2 is 1.77 bits per heavy atom. The molecule has 0 fully saturated rings. The number of rotatable bonds is 9. The van der Waals surface area contributed by atoms with Crippen LogP contribution in [0.4, 0.5) is 0 Å². The number of carbonyl (C=O) groups is 1. The molecular formula is C28H24N4O5S2. The standard InChI is InChI=1S/C28H24N4O5S2/c1-18-5-7-20(8-6-18)16-37-23-4-2-3-21(14-23)26-22(13-19-9-11-24(12-10-19)39(29,35)36)15-32(31-26)28-30-25(17-38-28)27(33)34/h2-12,14-15,17H,13,16H2,1H3,(H,33,34)(H2,29,35,36). The molecule has 0 saturated carbocycles. The normalized spacial score (nSPS) is 11.4. The van der Waals surface area contributed by atoms with E-state index in [1.807, 2.05) is 55.5 Å². The number of carboxylic acid groups (broad SMARTS) is 1. The molecular weight excluding hydrogens is 536 g/mol. The summed E-state index contributed by atoms with van der Waals surface area (Å²) in [6, 6.07) is 22.1. The van der Waals surface area contributed by atoms with Crippen molar-refractivity contribution in [2.45, 2.75) is 24.8 Å². The number of thiazole rings is 1. The highest BCUT2D eigenvalue weighted by molar-refractivity contribution is 7.89. The van der Waals surface area contributed by atoms with E-state index in [4.69, 9.17) is 15.0 Å². The third-order valence-electron chi connectivity index (χ3n) is 5.98. The molecule has 3 aromatic carbocycles. The summed E-state index contributed by atoms with van der Waals surface area (Å²) in [6.45, 7) is 2.45. The van der Waals surface area contributed by atoms with Crippen LogP contribution in [0.25, 0.3) is 16.4 Å². The lowest BCUT2D eigenvalue weighted by atomic mass is 10.0. The van der Waals surface area contributed by atoms with Crippen LogP contribution in [0, 0.1) is 6.92 Å². The Balaban J connectivity index is 1.48. The molecule has 9 nitrogen and oxygen atoms in total. The van der Waals surface area contributed by atoms with Gasteiger partial charge in [-0.05, 0) is 42.3 Å². The van der Waals surface area contributed by atoms with Crippen LogP contribution in [0.3, 0.4) is 0 Å². The van der Waals surface area contributed by atoms with Gasteiger partial charge in [0.25, 0.3) is 0 Å². The predicted octanol–water partition coefficient (Wildman–Crippen LogP) is 4.82. The van der Waals surface area contributed by atoms with Crippen LogP contribution in [0.15, 0.2) is 89.3 Å². The summed E-state index contributed by atoms with van der Waals surface area (Å²) in [6.07, 6.45) is 2.24. The van der Waals surface area contributed by atoms with Gasteiger partial charge in [0.2, 0.25) is 15.2 Å². The molecule has 39 heavy (non-hydrogen) atoms. The van der Waals surface area contributed by atoms with Crippen molar-refractivity contribution in [1.82, 2.24) is 14.8 Å². The highest BCUT2D eigenvalue weighted by Crippen LogP contribution is 2.30. The van der Waals surface area contributed by atoms with Crippen LogP contribution in [-0.2, 0) is 23.1 Å². The Labute approximate surface area is 229 Å². The fraction of sp³-hybridized carbons (Fsp3) is 0.107. The van der Waals surface area contributed by atoms with Crippen molar-refractivity contribution < 1.29 is 23.1 Å². The maximum absolute atomic E-state index is 11.6. The second-order valence-corrected chi connectivity index (χ2v) is 11.3. The van der Waals surface area contributed by atoms with E-state index in [-0.39, 0.29) is 10.6 Å². The first-order valence-electron chi connectivity index (χ1n) is 11.8. The number of nitrogens with two attached hydrogens (primary N) is 1. The molecule has 0 atom stereocenters. The first-order chi connectivity index (χ1) is 18.7. The van der Waals surface area contributed by atoms with Gasteiger partial charge in [0, 0.05) is 29.1 Å². The molecule has 0 spiro atoms. The number of aromatic nitrogens is 3. The second-order valence-electron chi connectivity index (χ2n) is 8.94. The van der Waals surface area contributed by atoms with Gasteiger partial charge < -0.3 is 9.84 Å². The molecule has 0 radical (unpaired) electrons. The number of benzene rings is 3. The number of aromatic carboxylic acids is 1. The molecule has 0 aliphatic heterocycles. The molecule has 0 bridgehead atoms. The average Bonchev–Trinajstić information content (AvgIpc) is 3.56. The lowest BCUT2D eigenvalue weighted by Gasteiger charge is -2.09. The van der Waals surface area contributed by atoms with Gasteiger partial charge in [-0.1, -0.05) is 54.1 Å². The highest BCUT2D eigenvalue weighted by Gasteiger charge is 2.17. The second kappa shape index (κ2) is 10.8. The van der Waals surface area contributed by atoms with Gasteiger partial charge in [0.1, 0.15) is 12.4 Å². The zero-order chi connectivity index (χ0) is 27.6. The number of nitrogens with zero attached hydrogens (tertiary/aromatic N) is 3. The van der Waals surface area contributed by atoms with Gasteiger partial charge in [0.15, 0.2) is 5.69 Å². The fourth-order valence-electron chi connectivity index (χ4n) is 3.95. The minimum absolute atomic E-state index is 0.0320.